The lowest BCUT2D eigenvalue weighted by molar-refractivity contribution is -0.143. The predicted octanol–water partition coefficient (Wildman–Crippen LogP) is 6.84. The molecule has 3 aromatic rings. The van der Waals surface area contributed by atoms with E-state index < -0.39 is 41.2 Å². The molecule has 6 nitrogen and oxygen atoms in total. The van der Waals surface area contributed by atoms with Crippen molar-refractivity contribution in [2.45, 2.75) is 44.6 Å². The maximum atomic E-state index is 13.2. The number of carbonyl (C=O) groups is 1. The number of alkyl halides is 6. The first-order valence-electron chi connectivity index (χ1n) is 10.7. The van der Waals surface area contributed by atoms with Gasteiger partial charge in [-0.3, -0.25) is 0 Å². The van der Waals surface area contributed by atoms with Crippen LogP contribution in [-0.2, 0) is 12.4 Å². The zero-order valence-corrected chi connectivity index (χ0v) is 18.4. The Kier molecular flexibility index (Phi) is 6.48. The van der Waals surface area contributed by atoms with Crippen LogP contribution in [0.15, 0.2) is 47.0 Å². The number of halogens is 6. The van der Waals surface area contributed by atoms with E-state index in [9.17, 15) is 31.1 Å². The van der Waals surface area contributed by atoms with E-state index in [0.29, 0.717) is 36.4 Å². The van der Waals surface area contributed by atoms with Gasteiger partial charge in [-0.1, -0.05) is 35.0 Å². The summed E-state index contributed by atoms with van der Waals surface area (Å²) in [6, 6.07) is 6.75. The SMILES string of the molecule is Cc1ccc(-c2noc(C3CCCCN3C(=O)Nc3cc(C(F)(F)F)cc(C(F)(F)F)c3)n2)cc1. The molecular weight excluding hydrogens is 478 g/mol. The van der Waals surface area contributed by atoms with E-state index in [1.54, 1.807) is 12.1 Å². The molecule has 0 radical (unpaired) electrons. The lowest BCUT2D eigenvalue weighted by Crippen LogP contribution is -2.41. The number of carbonyl (C=O) groups excluding carboxylic acids is 1. The number of aromatic nitrogens is 2. The van der Waals surface area contributed by atoms with Crippen molar-refractivity contribution in [2.24, 2.45) is 0 Å². The number of rotatable bonds is 3. The van der Waals surface area contributed by atoms with E-state index in [1.807, 2.05) is 19.1 Å². The third-order valence-electron chi connectivity index (χ3n) is 5.64. The van der Waals surface area contributed by atoms with E-state index >= 15 is 0 Å². The van der Waals surface area contributed by atoms with Crippen LogP contribution in [0.3, 0.4) is 0 Å². The molecule has 0 bridgehead atoms. The molecule has 0 spiro atoms. The average Bonchev–Trinajstić information content (AvgIpc) is 3.28. The van der Waals surface area contributed by atoms with Crippen molar-refractivity contribution in [1.82, 2.24) is 15.0 Å². The van der Waals surface area contributed by atoms with Crippen LogP contribution in [0.25, 0.3) is 11.4 Å². The molecule has 1 atom stereocenters. The molecule has 12 heteroatoms. The number of aryl methyl sites for hydroxylation is 1. The normalized spacial score (nSPS) is 16.9. The summed E-state index contributed by atoms with van der Waals surface area (Å²) in [5, 5.41) is 6.13. The second-order valence-electron chi connectivity index (χ2n) is 8.25. The molecule has 35 heavy (non-hydrogen) atoms. The van der Waals surface area contributed by atoms with Gasteiger partial charge in [0.2, 0.25) is 11.7 Å². The van der Waals surface area contributed by atoms with E-state index in [2.05, 4.69) is 15.5 Å². The minimum Gasteiger partial charge on any atom is -0.337 e. The molecule has 186 valence electrons. The highest BCUT2D eigenvalue weighted by molar-refractivity contribution is 5.90. The van der Waals surface area contributed by atoms with Crippen LogP contribution in [-0.4, -0.2) is 27.6 Å². The highest BCUT2D eigenvalue weighted by atomic mass is 19.4. The largest absolute Gasteiger partial charge is 0.416 e. The Labute approximate surface area is 195 Å². The van der Waals surface area contributed by atoms with Crippen molar-refractivity contribution in [2.75, 3.05) is 11.9 Å². The van der Waals surface area contributed by atoms with E-state index in [1.165, 1.54) is 4.90 Å². The lowest BCUT2D eigenvalue weighted by Gasteiger charge is -2.33. The van der Waals surface area contributed by atoms with Gasteiger partial charge in [-0.2, -0.15) is 31.3 Å². The maximum Gasteiger partial charge on any atom is 0.416 e. The smallest absolute Gasteiger partial charge is 0.337 e. The molecule has 2 amide bonds. The molecule has 2 aromatic carbocycles. The second-order valence-corrected chi connectivity index (χ2v) is 8.25. The Morgan fingerprint density at radius 2 is 1.63 bits per heavy atom. The molecule has 1 N–H and O–H groups in total. The van der Waals surface area contributed by atoms with Gasteiger partial charge < -0.3 is 14.7 Å². The number of benzene rings is 2. The summed E-state index contributed by atoms with van der Waals surface area (Å²) in [4.78, 5) is 18.6. The quantitative estimate of drug-likeness (QED) is 0.402. The summed E-state index contributed by atoms with van der Waals surface area (Å²) in [5.74, 6) is 0.439. The molecule has 4 rings (SSSR count). The Bertz CT molecular complexity index is 1170. The van der Waals surface area contributed by atoms with E-state index in [4.69, 9.17) is 4.52 Å². The lowest BCUT2D eigenvalue weighted by atomic mass is 10.0. The first-order chi connectivity index (χ1) is 16.4. The van der Waals surface area contributed by atoms with Gasteiger partial charge in [0.05, 0.1) is 11.1 Å². The van der Waals surface area contributed by atoms with Crippen LogP contribution < -0.4 is 5.32 Å². The number of piperidine rings is 1. The fraction of sp³-hybridized carbons (Fsp3) is 0.348. The molecular formula is C23H20F6N4O2. The Hall–Kier alpha value is -3.57. The van der Waals surface area contributed by atoms with Crippen LogP contribution in [0.2, 0.25) is 0 Å². The molecule has 0 saturated carbocycles. The minimum atomic E-state index is -5.02. The highest BCUT2D eigenvalue weighted by Crippen LogP contribution is 2.38. The van der Waals surface area contributed by atoms with Gasteiger partial charge in [0, 0.05) is 17.8 Å². The van der Waals surface area contributed by atoms with Crippen molar-refractivity contribution >= 4 is 11.7 Å². The molecule has 1 aromatic heterocycles. The molecule has 1 aliphatic rings. The minimum absolute atomic E-state index is 0.00436. The Morgan fingerprint density at radius 1 is 1.00 bits per heavy atom. The number of amides is 2. The third-order valence-corrected chi connectivity index (χ3v) is 5.64. The van der Waals surface area contributed by atoms with Crippen molar-refractivity contribution < 1.29 is 35.7 Å². The first kappa shape index (κ1) is 24.6. The van der Waals surface area contributed by atoms with Gasteiger partial charge in [0.25, 0.3) is 0 Å². The van der Waals surface area contributed by atoms with Crippen molar-refractivity contribution in [3.63, 3.8) is 0 Å². The highest BCUT2D eigenvalue weighted by Gasteiger charge is 2.38. The van der Waals surface area contributed by atoms with Gasteiger partial charge in [-0.25, -0.2) is 4.79 Å². The van der Waals surface area contributed by atoms with Crippen molar-refractivity contribution in [1.29, 1.82) is 0 Å². The zero-order valence-electron chi connectivity index (χ0n) is 18.4. The topological polar surface area (TPSA) is 71.3 Å². The number of nitrogens with one attached hydrogen (secondary N) is 1. The molecule has 2 heterocycles. The summed E-state index contributed by atoms with van der Waals surface area (Å²) < 4.78 is 84.3. The number of hydrogen-bond donors (Lipinski definition) is 1. The van der Waals surface area contributed by atoms with Crippen LogP contribution >= 0.6 is 0 Å². The van der Waals surface area contributed by atoms with Crippen molar-refractivity contribution in [3.8, 4) is 11.4 Å². The fourth-order valence-corrected chi connectivity index (χ4v) is 3.84. The Morgan fingerprint density at radius 3 is 2.23 bits per heavy atom. The van der Waals surface area contributed by atoms with Gasteiger partial charge in [0.15, 0.2) is 0 Å². The van der Waals surface area contributed by atoms with Crippen LogP contribution in [0.1, 0.15) is 47.9 Å². The van der Waals surface area contributed by atoms with Gasteiger partial charge in [-0.05, 0) is 44.4 Å². The number of nitrogens with zero attached hydrogens (tertiary/aromatic N) is 3. The number of anilines is 1. The molecule has 0 aliphatic carbocycles. The summed E-state index contributed by atoms with van der Waals surface area (Å²) in [6.45, 7) is 2.13. The zero-order chi connectivity index (χ0) is 25.4. The monoisotopic (exact) mass is 498 g/mol. The third kappa shape index (κ3) is 5.57. The standard InChI is InChI=1S/C23H20F6N4O2/c1-13-5-7-14(8-6-13)19-31-20(35-32-19)18-4-2-3-9-33(18)21(34)30-17-11-15(22(24,25)26)10-16(12-17)23(27,28)29/h5-8,10-12,18H,2-4,9H2,1H3,(H,30,34). The summed E-state index contributed by atoms with van der Waals surface area (Å²) in [7, 11) is 0. The summed E-state index contributed by atoms with van der Waals surface area (Å²) in [5.41, 5.74) is -1.92. The number of likely N-dealkylation sites (tertiary alicyclic amines) is 1. The molecule has 1 saturated heterocycles. The van der Waals surface area contributed by atoms with Crippen LogP contribution in [0.5, 0.6) is 0 Å². The first-order valence-corrected chi connectivity index (χ1v) is 10.7. The van der Waals surface area contributed by atoms with Crippen LogP contribution in [0.4, 0.5) is 36.8 Å². The van der Waals surface area contributed by atoms with Crippen molar-refractivity contribution in [3.05, 3.63) is 65.0 Å². The fourth-order valence-electron chi connectivity index (χ4n) is 3.84. The molecule has 1 fully saturated rings. The number of hydrogen-bond acceptors (Lipinski definition) is 4. The molecule has 1 unspecified atom stereocenters. The van der Waals surface area contributed by atoms with Crippen LogP contribution in [0, 0.1) is 6.92 Å². The van der Waals surface area contributed by atoms with E-state index in [-0.39, 0.29) is 18.5 Å². The van der Waals surface area contributed by atoms with E-state index in [0.717, 1.165) is 12.0 Å². The summed E-state index contributed by atoms with van der Waals surface area (Å²) in [6.07, 6.45) is -8.29. The second kappa shape index (κ2) is 9.23. The summed E-state index contributed by atoms with van der Waals surface area (Å²) >= 11 is 0. The number of urea groups is 1. The molecule has 1 aliphatic heterocycles. The average molecular weight is 498 g/mol. The maximum absolute atomic E-state index is 13.2. The van der Waals surface area contributed by atoms with Gasteiger partial charge >= 0.3 is 18.4 Å². The Balaban J connectivity index is 1.59. The van der Waals surface area contributed by atoms with Gasteiger partial charge in [0.1, 0.15) is 6.04 Å². The van der Waals surface area contributed by atoms with Gasteiger partial charge in [-0.15, -0.1) is 0 Å². The predicted molar refractivity (Wildman–Crippen MR) is 113 cm³/mol.